The van der Waals surface area contributed by atoms with Gasteiger partial charge in [0.25, 0.3) is 0 Å². The predicted molar refractivity (Wildman–Crippen MR) is 86.4 cm³/mol. The first-order chi connectivity index (χ1) is 11.2. The van der Waals surface area contributed by atoms with Gasteiger partial charge in [0.15, 0.2) is 5.78 Å². The number of allylic oxidation sites excluding steroid dienone is 2. The van der Waals surface area contributed by atoms with Crippen LogP contribution >= 0.6 is 0 Å². The van der Waals surface area contributed by atoms with Crippen LogP contribution in [-0.4, -0.2) is 35.3 Å². The number of fused-ring (bicyclic) bond motifs is 1. The third-order valence-corrected chi connectivity index (χ3v) is 5.24. The van der Waals surface area contributed by atoms with Crippen LogP contribution < -0.4 is 4.74 Å². The molecule has 4 nitrogen and oxygen atoms in total. The molecular weight excluding hydrogens is 290 g/mol. The number of benzene rings is 1. The van der Waals surface area contributed by atoms with Gasteiger partial charge < -0.3 is 9.64 Å². The Bertz CT molecular complexity index is 681. The van der Waals surface area contributed by atoms with Crippen LogP contribution in [0.4, 0.5) is 0 Å². The molecule has 4 heteroatoms. The first-order valence-electron chi connectivity index (χ1n) is 8.42. The number of carbonyl (C=O) groups is 2. The molecule has 1 saturated heterocycles. The Morgan fingerprint density at radius 3 is 2.96 bits per heavy atom. The molecule has 4 rings (SSSR count). The van der Waals surface area contributed by atoms with Gasteiger partial charge >= 0.3 is 0 Å². The molecule has 0 saturated carbocycles. The smallest absolute Gasteiger partial charge is 0.226 e. The highest BCUT2D eigenvalue weighted by Gasteiger charge is 2.47. The Hall–Kier alpha value is -2.10. The second-order valence-corrected chi connectivity index (χ2v) is 6.87. The van der Waals surface area contributed by atoms with E-state index in [0.29, 0.717) is 30.8 Å². The molecule has 23 heavy (non-hydrogen) atoms. The van der Waals surface area contributed by atoms with Gasteiger partial charge in [0.05, 0.1) is 18.5 Å². The van der Waals surface area contributed by atoms with Crippen LogP contribution in [0.15, 0.2) is 36.4 Å². The van der Waals surface area contributed by atoms with Crippen LogP contribution in [0.3, 0.4) is 0 Å². The predicted octanol–water partition coefficient (Wildman–Crippen LogP) is 2.98. The first-order valence-corrected chi connectivity index (χ1v) is 8.42. The Labute approximate surface area is 136 Å². The second-order valence-electron chi connectivity index (χ2n) is 6.87. The van der Waals surface area contributed by atoms with Crippen LogP contribution in [0, 0.1) is 5.92 Å². The van der Waals surface area contributed by atoms with Crippen LogP contribution in [0.1, 0.15) is 42.5 Å². The zero-order valence-corrected chi connectivity index (χ0v) is 13.2. The summed E-state index contributed by atoms with van der Waals surface area (Å²) >= 11 is 0. The van der Waals surface area contributed by atoms with Crippen molar-refractivity contribution in [3.8, 4) is 5.75 Å². The SMILES string of the molecule is O=C1CC2(CCN(C(=O)C3CC=CCC3)C2)Oc2ccccc21. The van der Waals surface area contributed by atoms with Gasteiger partial charge in [-0.25, -0.2) is 0 Å². The lowest BCUT2D eigenvalue weighted by atomic mass is 9.89. The van der Waals surface area contributed by atoms with E-state index in [9.17, 15) is 9.59 Å². The maximum absolute atomic E-state index is 12.7. The lowest BCUT2D eigenvalue weighted by molar-refractivity contribution is -0.135. The van der Waals surface area contributed by atoms with Crippen LogP contribution in [0.5, 0.6) is 5.75 Å². The van der Waals surface area contributed by atoms with E-state index >= 15 is 0 Å². The van der Waals surface area contributed by atoms with Gasteiger partial charge in [-0.2, -0.15) is 0 Å². The minimum Gasteiger partial charge on any atom is -0.484 e. The maximum Gasteiger partial charge on any atom is 0.226 e. The van der Waals surface area contributed by atoms with Crippen LogP contribution in [0.2, 0.25) is 0 Å². The van der Waals surface area contributed by atoms with Crippen molar-refractivity contribution in [2.24, 2.45) is 5.92 Å². The summed E-state index contributed by atoms with van der Waals surface area (Å²) in [7, 11) is 0. The zero-order valence-electron chi connectivity index (χ0n) is 13.2. The lowest BCUT2D eigenvalue weighted by Crippen LogP contribution is -2.46. The minimum absolute atomic E-state index is 0.0988. The van der Waals surface area contributed by atoms with Gasteiger partial charge in [0, 0.05) is 18.9 Å². The Morgan fingerprint density at radius 2 is 2.13 bits per heavy atom. The largest absolute Gasteiger partial charge is 0.484 e. The number of amides is 1. The van der Waals surface area contributed by atoms with E-state index in [0.717, 1.165) is 25.7 Å². The number of likely N-dealkylation sites (tertiary alicyclic amines) is 1. The van der Waals surface area contributed by atoms with Crippen molar-refractivity contribution in [3.63, 3.8) is 0 Å². The van der Waals surface area contributed by atoms with Gasteiger partial charge in [-0.15, -0.1) is 0 Å². The van der Waals surface area contributed by atoms with E-state index < -0.39 is 5.60 Å². The van der Waals surface area contributed by atoms with Crippen molar-refractivity contribution in [2.75, 3.05) is 13.1 Å². The van der Waals surface area contributed by atoms with Gasteiger partial charge in [0.1, 0.15) is 11.4 Å². The molecule has 1 aromatic carbocycles. The van der Waals surface area contributed by atoms with Crippen molar-refractivity contribution in [1.82, 2.24) is 4.90 Å². The fourth-order valence-electron chi connectivity index (χ4n) is 3.98. The minimum atomic E-state index is -0.522. The average Bonchev–Trinajstić information content (AvgIpc) is 2.98. The summed E-state index contributed by atoms with van der Waals surface area (Å²) in [6.07, 6.45) is 8.12. The normalized spacial score (nSPS) is 29.5. The van der Waals surface area contributed by atoms with E-state index in [-0.39, 0.29) is 17.6 Å². The number of carbonyl (C=O) groups excluding carboxylic acids is 2. The van der Waals surface area contributed by atoms with Crippen molar-refractivity contribution in [3.05, 3.63) is 42.0 Å². The molecule has 0 radical (unpaired) electrons. The molecule has 1 spiro atoms. The average molecular weight is 311 g/mol. The number of hydrogen-bond donors (Lipinski definition) is 0. The molecule has 1 fully saturated rings. The summed E-state index contributed by atoms with van der Waals surface area (Å²) in [5, 5.41) is 0. The fraction of sp³-hybridized carbons (Fsp3) is 0.474. The number of ether oxygens (including phenoxy) is 1. The Balaban J connectivity index is 1.51. The summed E-state index contributed by atoms with van der Waals surface area (Å²) in [4.78, 5) is 27.0. The number of hydrogen-bond acceptors (Lipinski definition) is 3. The quantitative estimate of drug-likeness (QED) is 0.749. The van der Waals surface area contributed by atoms with E-state index in [4.69, 9.17) is 4.74 Å². The van der Waals surface area contributed by atoms with Crippen molar-refractivity contribution < 1.29 is 14.3 Å². The number of nitrogens with zero attached hydrogens (tertiary/aromatic N) is 1. The fourth-order valence-corrected chi connectivity index (χ4v) is 3.98. The second kappa shape index (κ2) is 5.52. The van der Waals surface area contributed by atoms with Gasteiger partial charge in [-0.1, -0.05) is 24.3 Å². The summed E-state index contributed by atoms with van der Waals surface area (Å²) in [6, 6.07) is 7.41. The zero-order chi connectivity index (χ0) is 15.9. The van der Waals surface area contributed by atoms with Gasteiger partial charge in [-0.05, 0) is 31.4 Å². The highest BCUT2D eigenvalue weighted by molar-refractivity contribution is 6.00. The maximum atomic E-state index is 12.7. The van der Waals surface area contributed by atoms with Crippen molar-refractivity contribution in [1.29, 1.82) is 0 Å². The summed E-state index contributed by atoms with van der Waals surface area (Å²) in [5.74, 6) is 1.11. The third-order valence-electron chi connectivity index (χ3n) is 5.24. The lowest BCUT2D eigenvalue weighted by Gasteiger charge is -2.35. The Morgan fingerprint density at radius 1 is 1.26 bits per heavy atom. The van der Waals surface area contributed by atoms with E-state index in [1.54, 1.807) is 0 Å². The van der Waals surface area contributed by atoms with Gasteiger partial charge in [-0.3, -0.25) is 9.59 Å². The van der Waals surface area contributed by atoms with Crippen LogP contribution in [-0.2, 0) is 4.79 Å². The molecule has 3 aliphatic rings. The highest BCUT2D eigenvalue weighted by atomic mass is 16.5. The highest BCUT2D eigenvalue weighted by Crippen LogP contribution is 2.39. The molecule has 1 aliphatic carbocycles. The standard InChI is InChI=1S/C19H21NO3/c21-16-12-19(23-17-9-5-4-8-15(16)17)10-11-20(13-19)18(22)14-6-2-1-3-7-14/h1-2,4-5,8-9,14H,3,6-7,10-13H2. The van der Waals surface area contributed by atoms with Crippen LogP contribution in [0.25, 0.3) is 0 Å². The summed E-state index contributed by atoms with van der Waals surface area (Å²) in [5.41, 5.74) is 0.145. The molecule has 1 aromatic rings. The van der Waals surface area contributed by atoms with E-state index in [2.05, 4.69) is 12.2 Å². The van der Waals surface area contributed by atoms with E-state index in [1.807, 2.05) is 29.2 Å². The Kier molecular flexibility index (Phi) is 3.47. The van der Waals surface area contributed by atoms with Crippen molar-refractivity contribution in [2.45, 2.75) is 37.7 Å². The van der Waals surface area contributed by atoms with Gasteiger partial charge in [0.2, 0.25) is 5.91 Å². The molecule has 1 amide bonds. The molecular formula is C19H21NO3. The molecule has 2 heterocycles. The number of rotatable bonds is 1. The number of ketones is 1. The van der Waals surface area contributed by atoms with Crippen molar-refractivity contribution >= 4 is 11.7 Å². The first kappa shape index (κ1) is 14.5. The van der Waals surface area contributed by atoms with E-state index in [1.165, 1.54) is 0 Å². The third kappa shape index (κ3) is 2.56. The molecule has 0 aromatic heterocycles. The monoisotopic (exact) mass is 311 g/mol. The number of Topliss-reactive ketones (excluding diaryl/α,β-unsaturated/α-hetero) is 1. The number of para-hydroxylation sites is 1. The molecule has 0 bridgehead atoms. The summed E-state index contributed by atoms with van der Waals surface area (Å²) in [6.45, 7) is 1.22. The molecule has 120 valence electrons. The molecule has 2 aliphatic heterocycles. The topological polar surface area (TPSA) is 46.6 Å². The molecule has 0 N–H and O–H groups in total. The molecule has 2 atom stereocenters. The summed E-state index contributed by atoms with van der Waals surface area (Å²) < 4.78 is 6.19. The molecule has 2 unspecified atom stereocenters.